The second-order valence-electron chi connectivity index (χ2n) is 13.2. The highest BCUT2D eigenvalue weighted by Gasteiger charge is 2.38. The molecule has 1 aliphatic rings. The van der Waals surface area contributed by atoms with E-state index >= 15 is 0 Å². The first-order valence-electron chi connectivity index (χ1n) is 16.4. The lowest BCUT2D eigenvalue weighted by Crippen LogP contribution is -2.17. The summed E-state index contributed by atoms with van der Waals surface area (Å²) in [6.45, 7) is 4.78. The molecular weight excluding hydrogens is 621 g/mol. The van der Waals surface area contributed by atoms with Crippen molar-refractivity contribution in [3.63, 3.8) is 0 Å². The number of nitrogens with zero attached hydrogens (tertiary/aromatic N) is 2. The number of thiazole rings is 1. The summed E-state index contributed by atoms with van der Waals surface area (Å²) < 4.78 is 3.90. The lowest BCUT2D eigenvalue weighted by molar-refractivity contribution is 0.666. The fourth-order valence-electron chi connectivity index (χ4n) is 7.83. The average molecular weight is 651 g/mol. The maximum absolute atomic E-state index is 5.04. The molecule has 0 spiro atoms. The van der Waals surface area contributed by atoms with Gasteiger partial charge >= 0.3 is 0 Å². The molecule has 48 heavy (non-hydrogen) atoms. The van der Waals surface area contributed by atoms with Crippen molar-refractivity contribution in [1.82, 2.24) is 4.98 Å². The zero-order chi connectivity index (χ0) is 32.0. The van der Waals surface area contributed by atoms with Crippen molar-refractivity contribution in [1.29, 1.82) is 0 Å². The molecule has 0 bridgehead atoms. The lowest BCUT2D eigenvalue weighted by atomic mass is 9.80. The Morgan fingerprint density at radius 3 is 2.06 bits per heavy atom. The zero-order valence-electron chi connectivity index (χ0n) is 26.6. The summed E-state index contributed by atoms with van der Waals surface area (Å²) in [6, 6.07) is 53.2. The molecule has 0 unspecified atom stereocenters. The Labute approximate surface area is 287 Å². The van der Waals surface area contributed by atoms with Gasteiger partial charge in [0.1, 0.15) is 5.01 Å². The quantitative estimate of drug-likeness (QED) is 0.188. The third-order valence-electron chi connectivity index (χ3n) is 10.1. The summed E-state index contributed by atoms with van der Waals surface area (Å²) in [5.41, 5.74) is 11.0. The van der Waals surface area contributed by atoms with E-state index in [2.05, 4.69) is 164 Å². The maximum atomic E-state index is 5.04. The number of hydrogen-bond acceptors (Lipinski definition) is 4. The van der Waals surface area contributed by atoms with Gasteiger partial charge in [-0.2, -0.15) is 0 Å². The second kappa shape index (κ2) is 10.4. The van der Waals surface area contributed by atoms with Gasteiger partial charge in [0.15, 0.2) is 0 Å². The molecule has 10 rings (SSSR count). The van der Waals surface area contributed by atoms with E-state index in [1.165, 1.54) is 69.1 Å². The molecule has 0 saturated carbocycles. The lowest BCUT2D eigenvalue weighted by Gasteiger charge is -2.28. The van der Waals surface area contributed by atoms with Crippen LogP contribution >= 0.6 is 22.7 Å². The Morgan fingerprint density at radius 1 is 0.521 bits per heavy atom. The molecule has 0 radical (unpaired) electrons. The number of hydrogen-bond donors (Lipinski definition) is 0. The number of fused-ring (bicyclic) bond motifs is 10. The van der Waals surface area contributed by atoms with Crippen LogP contribution in [0.5, 0.6) is 0 Å². The van der Waals surface area contributed by atoms with Crippen LogP contribution in [0.2, 0.25) is 0 Å². The minimum absolute atomic E-state index is 0.184. The van der Waals surface area contributed by atoms with E-state index < -0.39 is 0 Å². The molecule has 2 aromatic heterocycles. The summed E-state index contributed by atoms with van der Waals surface area (Å²) in [4.78, 5) is 7.45. The van der Waals surface area contributed by atoms with Gasteiger partial charge in [-0.1, -0.05) is 105 Å². The van der Waals surface area contributed by atoms with Crippen molar-refractivity contribution >= 4 is 80.9 Å². The molecule has 228 valence electrons. The van der Waals surface area contributed by atoms with Crippen LogP contribution in [0.25, 0.3) is 62.9 Å². The molecule has 1 aliphatic carbocycles. The average Bonchev–Trinajstić information content (AvgIpc) is 3.80. The van der Waals surface area contributed by atoms with E-state index in [1.807, 2.05) is 11.3 Å². The van der Waals surface area contributed by atoms with E-state index in [-0.39, 0.29) is 5.41 Å². The predicted octanol–water partition coefficient (Wildman–Crippen LogP) is 13.3. The highest BCUT2D eigenvalue weighted by Crippen LogP contribution is 2.54. The molecule has 9 aromatic rings. The van der Waals surface area contributed by atoms with Crippen molar-refractivity contribution in [2.45, 2.75) is 19.3 Å². The summed E-state index contributed by atoms with van der Waals surface area (Å²) in [7, 11) is 0. The number of para-hydroxylation sites is 1. The van der Waals surface area contributed by atoms with E-state index in [9.17, 15) is 0 Å². The Kier molecular flexibility index (Phi) is 5.99. The maximum Gasteiger partial charge on any atom is 0.124 e. The first kappa shape index (κ1) is 27.8. The van der Waals surface area contributed by atoms with Gasteiger partial charge in [-0.25, -0.2) is 4.98 Å². The van der Waals surface area contributed by atoms with Gasteiger partial charge in [0, 0.05) is 53.6 Å². The number of anilines is 3. The van der Waals surface area contributed by atoms with Crippen molar-refractivity contribution in [2.75, 3.05) is 4.90 Å². The molecule has 0 aliphatic heterocycles. The Bertz CT molecular complexity index is 2700. The summed E-state index contributed by atoms with van der Waals surface area (Å²) >= 11 is 3.66. The molecule has 7 aromatic carbocycles. The van der Waals surface area contributed by atoms with E-state index in [0.29, 0.717) is 0 Å². The Balaban J connectivity index is 1.13. The minimum Gasteiger partial charge on any atom is -0.310 e. The molecule has 0 amide bonds. The highest BCUT2D eigenvalue weighted by molar-refractivity contribution is 7.25. The fourth-order valence-corrected chi connectivity index (χ4v) is 10.0. The smallest absolute Gasteiger partial charge is 0.124 e. The molecular formula is C44H30N2S2. The molecule has 2 nitrogen and oxygen atoms in total. The largest absolute Gasteiger partial charge is 0.310 e. The zero-order valence-corrected chi connectivity index (χ0v) is 28.2. The third-order valence-corrected chi connectivity index (χ3v) is 12.4. The standard InChI is InChI=1S/C44H30N2S2/c1-44(2)37-26-30(46(28-13-7-4-8-14-28)29-18-24-40-36(25-29)32-15-9-10-16-39(32)47-40)17-19-31(37)33-20-21-35-34(41(33)44)22-23-38-42(35)48-43(45-38)27-11-5-3-6-12-27/h3-26H,1-2H3. The normalized spacial score (nSPS) is 13.4. The van der Waals surface area contributed by atoms with Crippen molar-refractivity contribution in [3.05, 3.63) is 157 Å². The third kappa shape index (κ3) is 4.06. The van der Waals surface area contributed by atoms with Crippen molar-refractivity contribution < 1.29 is 0 Å². The van der Waals surface area contributed by atoms with Crippen LogP contribution < -0.4 is 4.90 Å². The van der Waals surface area contributed by atoms with E-state index in [4.69, 9.17) is 4.98 Å². The molecule has 0 N–H and O–H groups in total. The van der Waals surface area contributed by atoms with Crippen LogP contribution in [0, 0.1) is 0 Å². The molecule has 0 atom stereocenters. The number of rotatable bonds is 4. The van der Waals surface area contributed by atoms with Crippen LogP contribution in [0.1, 0.15) is 25.0 Å². The number of thiophene rings is 1. The van der Waals surface area contributed by atoms with Crippen LogP contribution in [-0.4, -0.2) is 4.98 Å². The molecule has 2 heterocycles. The molecule has 4 heteroatoms. The van der Waals surface area contributed by atoms with E-state index in [1.54, 1.807) is 11.3 Å². The first-order valence-corrected chi connectivity index (χ1v) is 18.0. The molecule has 0 fully saturated rings. The van der Waals surface area contributed by atoms with Gasteiger partial charge < -0.3 is 4.90 Å². The number of aromatic nitrogens is 1. The monoisotopic (exact) mass is 650 g/mol. The summed E-state index contributed by atoms with van der Waals surface area (Å²) in [6.07, 6.45) is 0. The molecule has 0 saturated heterocycles. The Morgan fingerprint density at radius 2 is 1.21 bits per heavy atom. The first-order chi connectivity index (χ1) is 23.5. The Hall–Kier alpha value is -5.29. The van der Waals surface area contributed by atoms with Crippen LogP contribution in [0.15, 0.2) is 146 Å². The topological polar surface area (TPSA) is 16.1 Å². The van der Waals surface area contributed by atoms with Gasteiger partial charge in [0.25, 0.3) is 0 Å². The van der Waals surface area contributed by atoms with Gasteiger partial charge in [-0.05, 0) is 82.2 Å². The SMILES string of the molecule is CC1(C)c2cc(N(c3ccccc3)c3ccc4sc5ccccc5c4c3)ccc2-c2ccc3c(ccc4nc(-c5ccccc5)sc43)c21. The fraction of sp³-hybridized carbons (Fsp3) is 0.0682. The predicted molar refractivity (Wildman–Crippen MR) is 208 cm³/mol. The summed E-state index contributed by atoms with van der Waals surface area (Å²) in [5.74, 6) is 0. The van der Waals surface area contributed by atoms with Gasteiger partial charge in [-0.15, -0.1) is 22.7 Å². The second-order valence-corrected chi connectivity index (χ2v) is 15.3. The van der Waals surface area contributed by atoms with Crippen LogP contribution in [0.4, 0.5) is 17.1 Å². The number of benzene rings is 7. The summed E-state index contributed by atoms with van der Waals surface area (Å²) in [5, 5.41) is 6.30. The van der Waals surface area contributed by atoms with Gasteiger partial charge in [0.2, 0.25) is 0 Å². The van der Waals surface area contributed by atoms with Crippen LogP contribution in [-0.2, 0) is 5.41 Å². The van der Waals surface area contributed by atoms with Crippen LogP contribution in [0.3, 0.4) is 0 Å². The van der Waals surface area contributed by atoms with Gasteiger partial charge in [0.05, 0.1) is 10.2 Å². The van der Waals surface area contributed by atoms with Crippen molar-refractivity contribution in [3.8, 4) is 21.7 Å². The van der Waals surface area contributed by atoms with Crippen molar-refractivity contribution in [2.24, 2.45) is 0 Å². The minimum atomic E-state index is -0.184. The van der Waals surface area contributed by atoms with E-state index in [0.717, 1.165) is 21.9 Å². The highest BCUT2D eigenvalue weighted by atomic mass is 32.1. The van der Waals surface area contributed by atoms with Gasteiger partial charge in [-0.3, -0.25) is 0 Å².